The molecule has 0 radical (unpaired) electrons. The summed E-state index contributed by atoms with van der Waals surface area (Å²) in [4.78, 5) is 41.6. The number of methoxy groups -OCH3 is 1. The summed E-state index contributed by atoms with van der Waals surface area (Å²) in [6.45, 7) is 24.2. The van der Waals surface area contributed by atoms with Gasteiger partial charge in [-0.2, -0.15) is 0 Å². The molecule has 1 heterocycles. The molecule has 1 aliphatic heterocycles. The molecule has 2 rings (SSSR count). The normalized spacial score (nSPS) is 19.0. The van der Waals surface area contributed by atoms with Crippen molar-refractivity contribution < 1.29 is 38.1 Å². The number of nitrogens with one attached hydrogen (secondary N) is 1. The van der Waals surface area contributed by atoms with E-state index in [4.69, 9.17) is 23.7 Å². The molecule has 1 fully saturated rings. The molecule has 0 saturated carbocycles. The van der Waals surface area contributed by atoms with Gasteiger partial charge >= 0.3 is 12.1 Å². The summed E-state index contributed by atoms with van der Waals surface area (Å²) in [6.07, 6.45) is 3.04. The van der Waals surface area contributed by atoms with Crippen molar-refractivity contribution in [3.8, 4) is 5.75 Å². The molecule has 10 heteroatoms. The van der Waals surface area contributed by atoms with Gasteiger partial charge in [0.05, 0.1) is 18.8 Å². The van der Waals surface area contributed by atoms with Crippen LogP contribution in [0.3, 0.4) is 0 Å². The number of hydrogen-bond donors (Lipinski definition) is 1. The minimum atomic E-state index is -1.02. The number of nitrogens with zero attached hydrogens (tertiary/aromatic N) is 1. The Balaban J connectivity index is 2.58. The van der Waals surface area contributed by atoms with Gasteiger partial charge in [0.25, 0.3) is 0 Å². The highest BCUT2D eigenvalue weighted by molar-refractivity contribution is 5.81. The lowest BCUT2D eigenvalue weighted by molar-refractivity contribution is -0.151. The van der Waals surface area contributed by atoms with Crippen LogP contribution in [0.25, 0.3) is 0 Å². The van der Waals surface area contributed by atoms with Gasteiger partial charge in [-0.25, -0.2) is 4.79 Å². The number of carbonyl (C=O) groups is 3. The predicted octanol–water partition coefficient (Wildman–Crippen LogP) is 8.00. The summed E-state index contributed by atoms with van der Waals surface area (Å²) in [5.74, 6) is 0.104. The van der Waals surface area contributed by atoms with E-state index in [1.807, 2.05) is 66.7 Å². The molecule has 0 spiro atoms. The summed E-state index contributed by atoms with van der Waals surface area (Å²) < 4.78 is 30.0. The topological polar surface area (TPSA) is 113 Å². The van der Waals surface area contributed by atoms with Crippen molar-refractivity contribution >= 4 is 18.0 Å². The van der Waals surface area contributed by atoms with E-state index in [1.165, 1.54) is 6.92 Å². The third-order valence-electron chi connectivity index (χ3n) is 9.21. The molecule has 49 heavy (non-hydrogen) atoms. The van der Waals surface area contributed by atoms with Crippen molar-refractivity contribution in [1.29, 1.82) is 0 Å². The molecule has 4 atom stereocenters. The van der Waals surface area contributed by atoms with Gasteiger partial charge in [0.15, 0.2) is 0 Å². The molecule has 1 saturated heterocycles. The Morgan fingerprint density at radius 2 is 1.71 bits per heavy atom. The SMILES string of the molecule is CCCCC(C)(C)C(=O)NCC1OC(C)(C)N(C(=O)OC(C)(C)C)[C@H]1CC(C(C)C)[C@H](OC(C)=O)c1ccc(CC)c(OCCCOC)c1. The smallest absolute Gasteiger partial charge is 0.412 e. The maximum absolute atomic E-state index is 13.9. The number of benzene rings is 1. The van der Waals surface area contributed by atoms with E-state index in [0.717, 1.165) is 49.0 Å². The summed E-state index contributed by atoms with van der Waals surface area (Å²) in [5.41, 5.74) is -0.420. The van der Waals surface area contributed by atoms with Gasteiger partial charge in [-0.05, 0) is 77.0 Å². The summed E-state index contributed by atoms with van der Waals surface area (Å²) >= 11 is 0. The van der Waals surface area contributed by atoms with E-state index in [-0.39, 0.29) is 24.3 Å². The van der Waals surface area contributed by atoms with Crippen molar-refractivity contribution in [2.75, 3.05) is 26.9 Å². The second-order valence-corrected chi connectivity index (χ2v) is 15.8. The lowest BCUT2D eigenvalue weighted by atomic mass is 9.80. The molecule has 1 aromatic rings. The fourth-order valence-corrected chi connectivity index (χ4v) is 6.50. The van der Waals surface area contributed by atoms with Gasteiger partial charge in [0, 0.05) is 44.9 Å². The number of amides is 2. The van der Waals surface area contributed by atoms with Crippen LogP contribution >= 0.6 is 0 Å². The highest BCUT2D eigenvalue weighted by Gasteiger charge is 2.52. The number of ether oxygens (including phenoxy) is 5. The van der Waals surface area contributed by atoms with Crippen LogP contribution < -0.4 is 10.1 Å². The van der Waals surface area contributed by atoms with E-state index >= 15 is 0 Å². The highest BCUT2D eigenvalue weighted by atomic mass is 16.6. The van der Waals surface area contributed by atoms with Crippen LogP contribution in [0.1, 0.15) is 132 Å². The Morgan fingerprint density at radius 3 is 2.27 bits per heavy atom. The molecule has 0 bridgehead atoms. The Hall–Kier alpha value is -2.85. The fourth-order valence-electron chi connectivity index (χ4n) is 6.50. The molecule has 2 unspecified atom stereocenters. The number of hydrogen-bond acceptors (Lipinski definition) is 8. The molecule has 10 nitrogen and oxygen atoms in total. The minimum absolute atomic E-state index is 0.0358. The maximum Gasteiger partial charge on any atom is 0.412 e. The number of esters is 1. The van der Waals surface area contributed by atoms with Gasteiger partial charge in [0.1, 0.15) is 23.2 Å². The number of rotatable bonds is 18. The highest BCUT2D eigenvalue weighted by Crippen LogP contribution is 2.43. The van der Waals surface area contributed by atoms with E-state index in [2.05, 4.69) is 33.0 Å². The van der Waals surface area contributed by atoms with Crippen LogP contribution in [0.4, 0.5) is 4.79 Å². The summed E-state index contributed by atoms with van der Waals surface area (Å²) in [5, 5.41) is 3.14. The molecular weight excluding hydrogens is 624 g/mol. The monoisotopic (exact) mass is 690 g/mol. The van der Waals surface area contributed by atoms with Crippen molar-refractivity contribution in [3.05, 3.63) is 29.3 Å². The van der Waals surface area contributed by atoms with Crippen molar-refractivity contribution in [2.24, 2.45) is 17.3 Å². The third kappa shape index (κ3) is 12.5. The Bertz CT molecular complexity index is 1220. The minimum Gasteiger partial charge on any atom is -0.493 e. The van der Waals surface area contributed by atoms with Gasteiger partial charge in [0.2, 0.25) is 5.91 Å². The molecule has 1 aromatic carbocycles. The fraction of sp³-hybridized carbons (Fsp3) is 0.769. The quantitative estimate of drug-likeness (QED) is 0.122. The lowest BCUT2D eigenvalue weighted by Crippen LogP contribution is -2.52. The van der Waals surface area contributed by atoms with E-state index in [0.29, 0.717) is 19.6 Å². The maximum atomic E-state index is 13.9. The molecule has 0 aliphatic carbocycles. The summed E-state index contributed by atoms with van der Waals surface area (Å²) in [6, 6.07) is 5.52. The van der Waals surface area contributed by atoms with Gasteiger partial charge in [-0.1, -0.05) is 66.5 Å². The van der Waals surface area contributed by atoms with Crippen LogP contribution in [0, 0.1) is 17.3 Å². The molecular formula is C39H66N2O8. The second-order valence-electron chi connectivity index (χ2n) is 15.8. The lowest BCUT2D eigenvalue weighted by Gasteiger charge is -2.38. The zero-order valence-corrected chi connectivity index (χ0v) is 32.7. The van der Waals surface area contributed by atoms with E-state index in [1.54, 1.807) is 12.0 Å². The molecule has 1 aliphatic rings. The van der Waals surface area contributed by atoms with Crippen LogP contribution in [0.15, 0.2) is 18.2 Å². The summed E-state index contributed by atoms with van der Waals surface area (Å²) in [7, 11) is 1.67. The Kier molecular flexibility index (Phi) is 15.9. The number of carbonyl (C=O) groups excluding carboxylic acids is 3. The zero-order chi connectivity index (χ0) is 37.2. The van der Waals surface area contributed by atoms with Crippen LogP contribution in [-0.4, -0.2) is 73.2 Å². The first-order valence-corrected chi connectivity index (χ1v) is 18.2. The van der Waals surface area contributed by atoms with Crippen molar-refractivity contribution in [1.82, 2.24) is 10.2 Å². The predicted molar refractivity (Wildman–Crippen MR) is 192 cm³/mol. The standard InChI is InChI=1S/C39H66N2O8/c1-14-16-20-38(9,10)35(43)40-25-33-31(41(39(11,12)48-33)36(44)49-37(6,7)8)24-30(26(3)4)34(47-27(5)42)29-19-18-28(15-2)32(23-29)46-22-17-21-45-13/h18-19,23,26,30-31,33-34H,14-17,20-22,24-25H2,1-13H3,(H,40,43)/t30?,31-,33?,34+/m0/s1. The average molecular weight is 691 g/mol. The molecule has 280 valence electrons. The first-order valence-electron chi connectivity index (χ1n) is 18.2. The first kappa shape index (κ1) is 42.3. The zero-order valence-electron chi connectivity index (χ0n) is 32.7. The van der Waals surface area contributed by atoms with Gasteiger partial charge in [-0.3, -0.25) is 14.5 Å². The Labute approximate surface area is 296 Å². The second kappa shape index (κ2) is 18.4. The van der Waals surface area contributed by atoms with E-state index in [9.17, 15) is 14.4 Å². The average Bonchev–Trinajstić information content (AvgIpc) is 3.26. The van der Waals surface area contributed by atoms with Crippen molar-refractivity contribution in [2.45, 2.75) is 151 Å². The van der Waals surface area contributed by atoms with Gasteiger partial charge in [-0.15, -0.1) is 0 Å². The van der Waals surface area contributed by atoms with Crippen LogP contribution in [0.5, 0.6) is 5.75 Å². The van der Waals surface area contributed by atoms with Gasteiger partial charge < -0.3 is 29.0 Å². The first-order chi connectivity index (χ1) is 22.8. The molecule has 0 aromatic heterocycles. The number of aryl methyl sites for hydroxylation is 1. The van der Waals surface area contributed by atoms with Crippen LogP contribution in [0.2, 0.25) is 0 Å². The van der Waals surface area contributed by atoms with Crippen molar-refractivity contribution in [3.63, 3.8) is 0 Å². The molecule has 1 N–H and O–H groups in total. The number of unbranched alkanes of at least 4 members (excludes halogenated alkanes) is 1. The molecule has 2 amide bonds. The van der Waals surface area contributed by atoms with Crippen LogP contribution in [-0.2, 0) is 35.0 Å². The largest absolute Gasteiger partial charge is 0.493 e. The Morgan fingerprint density at radius 1 is 1.04 bits per heavy atom. The van der Waals surface area contributed by atoms with E-state index < -0.39 is 47.1 Å². The third-order valence-corrected chi connectivity index (χ3v) is 9.21.